The van der Waals surface area contributed by atoms with Crippen LogP contribution in [0, 0.1) is 0 Å². The summed E-state index contributed by atoms with van der Waals surface area (Å²) in [5, 5.41) is 0. The van der Waals surface area contributed by atoms with E-state index >= 15 is 0 Å². The van der Waals surface area contributed by atoms with Gasteiger partial charge in [0.15, 0.2) is 11.6 Å². The number of fused-ring (bicyclic) bond motifs is 2. The van der Waals surface area contributed by atoms with E-state index in [0.29, 0.717) is 0 Å². The summed E-state index contributed by atoms with van der Waals surface area (Å²) in [6.07, 6.45) is 0. The Hall–Kier alpha value is -0.120. The summed E-state index contributed by atoms with van der Waals surface area (Å²) < 4.78 is 64.5. The molecular formula is C14H8BrNNa2O8S2. The quantitative estimate of drug-likeness (QED) is 0.254. The molecule has 2 aromatic carbocycles. The van der Waals surface area contributed by atoms with Crippen molar-refractivity contribution < 1.29 is 35.5 Å². The minimum atomic E-state index is -4.86. The summed E-state index contributed by atoms with van der Waals surface area (Å²) in [7, 11) is -9.69. The van der Waals surface area contributed by atoms with Crippen LogP contribution in [0.25, 0.3) is 0 Å². The Labute approximate surface area is 212 Å². The minimum Gasteiger partial charge on any atom is -0.397 e. The van der Waals surface area contributed by atoms with Crippen molar-refractivity contribution in [1.82, 2.24) is 0 Å². The molecular weight excluding hydrogens is 500 g/mol. The zero-order valence-electron chi connectivity index (χ0n) is 14.4. The monoisotopic (exact) mass is 507 g/mol. The van der Waals surface area contributed by atoms with Gasteiger partial charge in [-0.3, -0.25) is 18.7 Å². The van der Waals surface area contributed by atoms with Crippen molar-refractivity contribution in [3.63, 3.8) is 0 Å². The van der Waals surface area contributed by atoms with Gasteiger partial charge in [-0.25, -0.2) is 0 Å². The van der Waals surface area contributed by atoms with Gasteiger partial charge in [0.2, 0.25) is 0 Å². The summed E-state index contributed by atoms with van der Waals surface area (Å²) in [4.78, 5) is 24.0. The molecule has 0 fully saturated rings. The summed E-state index contributed by atoms with van der Waals surface area (Å²) in [6, 6.07) is 4.14. The molecule has 0 amide bonds. The molecule has 14 heteroatoms. The van der Waals surface area contributed by atoms with Crippen LogP contribution in [0.5, 0.6) is 0 Å². The number of nitrogen functional groups attached to an aromatic ring is 1. The van der Waals surface area contributed by atoms with Gasteiger partial charge < -0.3 is 5.73 Å². The Morgan fingerprint density at radius 2 is 1.36 bits per heavy atom. The fraction of sp³-hybridized carbons (Fsp3) is 0. The number of anilines is 1. The maximum absolute atomic E-state index is 12.9. The van der Waals surface area contributed by atoms with Gasteiger partial charge in [-0.1, -0.05) is 12.1 Å². The third-order valence-corrected chi connectivity index (χ3v) is 6.20. The van der Waals surface area contributed by atoms with Crippen LogP contribution in [-0.4, -0.2) is 96.6 Å². The van der Waals surface area contributed by atoms with E-state index in [1.807, 2.05) is 0 Å². The maximum atomic E-state index is 12.9. The molecule has 2 aromatic rings. The number of ketones is 2. The number of halogens is 1. The molecule has 0 bridgehead atoms. The zero-order chi connectivity index (χ0) is 19.6. The van der Waals surface area contributed by atoms with Crippen LogP contribution >= 0.6 is 15.9 Å². The number of nitrogens with two attached hydrogens (primary N) is 1. The van der Waals surface area contributed by atoms with Crippen LogP contribution in [0.2, 0.25) is 0 Å². The first-order chi connectivity index (χ1) is 11.9. The third kappa shape index (κ3) is 4.18. The molecule has 1 aliphatic rings. The second kappa shape index (κ2) is 8.55. The number of rotatable bonds is 2. The van der Waals surface area contributed by atoms with Crippen LogP contribution < -0.4 is 5.73 Å². The topological polar surface area (TPSA) is 169 Å². The molecule has 2 radical (unpaired) electrons. The van der Waals surface area contributed by atoms with Gasteiger partial charge in [-0.05, 0) is 28.1 Å². The predicted molar refractivity (Wildman–Crippen MR) is 103 cm³/mol. The van der Waals surface area contributed by atoms with Gasteiger partial charge in [-0.15, -0.1) is 0 Å². The molecule has 4 N–H and O–H groups in total. The Morgan fingerprint density at radius 1 is 0.821 bits per heavy atom. The van der Waals surface area contributed by atoms with Crippen LogP contribution in [-0.2, 0) is 20.2 Å². The summed E-state index contributed by atoms with van der Waals surface area (Å²) in [5.74, 6) is -1.88. The number of carbonyl (C=O) groups is 2. The van der Waals surface area contributed by atoms with Crippen LogP contribution in [0.15, 0.2) is 38.5 Å². The van der Waals surface area contributed by atoms with Gasteiger partial charge in [0.05, 0.1) is 22.4 Å². The molecule has 0 aliphatic heterocycles. The molecule has 1 aliphatic carbocycles. The SMILES string of the molecule is Nc1c(S(=O)(=O)O)cc(Br)c2c1C(=O)c1c(cccc1S(=O)(=O)O)C2=O.[Na].[Na]. The van der Waals surface area contributed by atoms with Crippen molar-refractivity contribution in [3.05, 3.63) is 51.0 Å². The number of hydrogen-bond donors (Lipinski definition) is 3. The molecule has 0 aromatic heterocycles. The van der Waals surface area contributed by atoms with Crippen molar-refractivity contribution in [1.29, 1.82) is 0 Å². The Kier molecular flexibility index (Phi) is 7.92. The van der Waals surface area contributed by atoms with Crippen molar-refractivity contribution in [2.45, 2.75) is 9.79 Å². The van der Waals surface area contributed by atoms with Crippen molar-refractivity contribution in [2.24, 2.45) is 0 Å². The molecule has 9 nitrogen and oxygen atoms in total. The van der Waals surface area contributed by atoms with E-state index in [2.05, 4.69) is 15.9 Å². The summed E-state index contributed by atoms with van der Waals surface area (Å²) in [6.45, 7) is 0. The maximum Gasteiger partial charge on any atom is 0.296 e. The molecule has 0 spiro atoms. The van der Waals surface area contributed by atoms with E-state index < -0.39 is 58.4 Å². The Morgan fingerprint density at radius 3 is 1.86 bits per heavy atom. The fourth-order valence-corrected chi connectivity index (χ4v) is 4.86. The number of benzene rings is 2. The second-order valence-corrected chi connectivity index (χ2v) is 8.94. The molecule has 0 atom stereocenters. The smallest absolute Gasteiger partial charge is 0.296 e. The van der Waals surface area contributed by atoms with Crippen molar-refractivity contribution >= 4 is 113 Å². The number of carbonyl (C=O) groups excluding carboxylic acids is 2. The van der Waals surface area contributed by atoms with Gasteiger partial charge in [0.25, 0.3) is 20.2 Å². The largest absolute Gasteiger partial charge is 0.397 e. The average Bonchev–Trinajstić information content (AvgIpc) is 2.51. The molecule has 0 heterocycles. The van der Waals surface area contributed by atoms with E-state index in [1.165, 1.54) is 12.1 Å². The first kappa shape index (κ1) is 25.9. The van der Waals surface area contributed by atoms with Gasteiger partial charge in [-0.2, -0.15) is 16.8 Å². The molecule has 138 valence electrons. The Bertz CT molecular complexity index is 1240. The average molecular weight is 508 g/mol. The molecule has 28 heavy (non-hydrogen) atoms. The van der Waals surface area contributed by atoms with Crippen LogP contribution in [0.3, 0.4) is 0 Å². The molecule has 0 saturated carbocycles. The fourth-order valence-electron chi connectivity index (χ4n) is 2.74. The van der Waals surface area contributed by atoms with Crippen molar-refractivity contribution in [3.8, 4) is 0 Å². The van der Waals surface area contributed by atoms with E-state index in [-0.39, 0.29) is 74.7 Å². The molecule has 0 saturated heterocycles. The van der Waals surface area contributed by atoms with E-state index in [9.17, 15) is 35.5 Å². The zero-order valence-corrected chi connectivity index (χ0v) is 21.6. The summed E-state index contributed by atoms with van der Waals surface area (Å²) in [5.41, 5.74) is 3.19. The first-order valence-corrected chi connectivity index (χ1v) is 10.3. The molecule has 0 unspecified atom stereocenters. The number of hydrogen-bond acceptors (Lipinski definition) is 7. The van der Waals surface area contributed by atoms with Crippen LogP contribution in [0.1, 0.15) is 31.8 Å². The normalized spacial score (nSPS) is 13.1. The standard InChI is InChI=1S/C14H8BrNO8S2.2Na/c15-6-4-8(26(22,23)24)12(16)11-10(6)13(17)5-2-1-3-7(25(19,20)21)9(5)14(11)18;;/h1-4H,16H2,(H,19,20,21)(H,22,23,24);;. The second-order valence-electron chi connectivity index (χ2n) is 5.31. The van der Waals surface area contributed by atoms with E-state index in [1.54, 1.807) is 0 Å². The predicted octanol–water partition coefficient (Wildman–Crippen LogP) is 0.539. The van der Waals surface area contributed by atoms with E-state index in [0.717, 1.165) is 12.1 Å². The third-order valence-electron chi connectivity index (χ3n) is 3.79. The van der Waals surface area contributed by atoms with Gasteiger partial charge in [0, 0.05) is 69.2 Å². The first-order valence-electron chi connectivity index (χ1n) is 6.65. The van der Waals surface area contributed by atoms with Gasteiger partial charge >= 0.3 is 0 Å². The van der Waals surface area contributed by atoms with Crippen molar-refractivity contribution in [2.75, 3.05) is 5.73 Å². The summed E-state index contributed by atoms with van der Waals surface area (Å²) >= 11 is 2.97. The minimum absolute atomic E-state index is 0. The van der Waals surface area contributed by atoms with Gasteiger partial charge in [0.1, 0.15) is 9.79 Å². The Balaban J connectivity index is 0.00000196. The van der Waals surface area contributed by atoms with E-state index in [4.69, 9.17) is 5.73 Å². The van der Waals surface area contributed by atoms with Crippen LogP contribution in [0.4, 0.5) is 5.69 Å². The molecule has 3 rings (SSSR count).